The van der Waals surface area contributed by atoms with Crippen molar-refractivity contribution in [1.29, 1.82) is 0 Å². The Balaban J connectivity index is 2.71. The summed E-state index contributed by atoms with van der Waals surface area (Å²) in [5, 5.41) is 13.0. The number of benzene rings is 1. The highest BCUT2D eigenvalue weighted by Gasteiger charge is 2.17. The first-order valence-electron chi connectivity index (χ1n) is 5.59. The van der Waals surface area contributed by atoms with E-state index >= 15 is 0 Å². The number of hydrogen-bond donors (Lipinski definition) is 2. The largest absolute Gasteiger partial charge is 0.495 e. The molecule has 1 heterocycles. The number of thiazole rings is 1. The second-order valence-corrected chi connectivity index (χ2v) is 5.00. The minimum Gasteiger partial charge on any atom is -0.495 e. The molecular weight excluding hydrogens is 252 g/mol. The van der Waals surface area contributed by atoms with Gasteiger partial charge in [0.1, 0.15) is 11.3 Å². The highest BCUT2D eigenvalue weighted by atomic mass is 32.1. The van der Waals surface area contributed by atoms with Gasteiger partial charge in [0.2, 0.25) is 0 Å². The number of ether oxygens (including phenoxy) is 1. The van der Waals surface area contributed by atoms with E-state index in [1.807, 2.05) is 0 Å². The molecule has 0 spiro atoms. The second kappa shape index (κ2) is 5.09. The Hall–Kier alpha value is -1.37. The first kappa shape index (κ1) is 13.1. The van der Waals surface area contributed by atoms with Crippen molar-refractivity contribution in [3.05, 3.63) is 27.4 Å². The second-order valence-electron chi connectivity index (χ2n) is 4.04. The molecule has 2 rings (SSSR count). The normalized spacial score (nSPS) is 12.9. The van der Waals surface area contributed by atoms with Crippen molar-refractivity contribution in [1.82, 2.24) is 9.88 Å². The van der Waals surface area contributed by atoms with E-state index < -0.39 is 6.10 Å². The fourth-order valence-electron chi connectivity index (χ4n) is 1.97. The van der Waals surface area contributed by atoms with Gasteiger partial charge in [-0.3, -0.25) is 9.36 Å². The molecular formula is C12H16N2O3S. The van der Waals surface area contributed by atoms with E-state index in [1.165, 1.54) is 0 Å². The number of hydrogen-bond acceptors (Lipinski definition) is 5. The third-order valence-corrected chi connectivity index (χ3v) is 3.98. The molecule has 2 aromatic rings. The molecule has 1 atom stereocenters. The Bertz CT molecular complexity index is 618. The number of rotatable bonds is 4. The molecule has 2 N–H and O–H groups in total. The molecule has 98 valence electrons. The Kier molecular flexibility index (Phi) is 3.70. The van der Waals surface area contributed by atoms with Crippen molar-refractivity contribution >= 4 is 21.6 Å². The summed E-state index contributed by atoms with van der Waals surface area (Å²) in [5.74, 6) is 0.645. The van der Waals surface area contributed by atoms with E-state index in [1.54, 1.807) is 37.9 Å². The smallest absolute Gasteiger partial charge is 0.308 e. The molecule has 0 saturated heterocycles. The predicted molar refractivity (Wildman–Crippen MR) is 72.5 cm³/mol. The number of nitrogens with zero attached hydrogens (tertiary/aromatic N) is 1. The topological polar surface area (TPSA) is 63.5 Å². The van der Waals surface area contributed by atoms with Crippen LogP contribution in [-0.2, 0) is 7.05 Å². The number of methoxy groups -OCH3 is 1. The number of nitrogens with one attached hydrogen (secondary N) is 1. The summed E-state index contributed by atoms with van der Waals surface area (Å²) in [6, 6.07) is 3.59. The van der Waals surface area contributed by atoms with Crippen LogP contribution >= 0.6 is 11.3 Å². The van der Waals surface area contributed by atoms with Gasteiger partial charge in [0.05, 0.1) is 17.9 Å². The Labute approximate surface area is 109 Å². The lowest BCUT2D eigenvalue weighted by Crippen LogP contribution is -2.16. The SMILES string of the molecule is CNCC(O)c1ccc(OC)c2c1sc(=O)n2C. The van der Waals surface area contributed by atoms with Crippen LogP contribution < -0.4 is 14.9 Å². The maximum Gasteiger partial charge on any atom is 0.308 e. The van der Waals surface area contributed by atoms with E-state index in [9.17, 15) is 9.90 Å². The lowest BCUT2D eigenvalue weighted by atomic mass is 10.1. The fourth-order valence-corrected chi connectivity index (χ4v) is 3.03. The van der Waals surface area contributed by atoms with Crippen LogP contribution in [0.2, 0.25) is 0 Å². The van der Waals surface area contributed by atoms with Gasteiger partial charge in [0.25, 0.3) is 0 Å². The molecule has 0 bridgehead atoms. The molecule has 0 aliphatic rings. The quantitative estimate of drug-likeness (QED) is 0.863. The monoisotopic (exact) mass is 268 g/mol. The maximum absolute atomic E-state index is 11.8. The zero-order valence-corrected chi connectivity index (χ0v) is 11.4. The van der Waals surface area contributed by atoms with Gasteiger partial charge in [-0.1, -0.05) is 17.4 Å². The Morgan fingerprint density at radius 1 is 1.56 bits per heavy atom. The van der Waals surface area contributed by atoms with Gasteiger partial charge >= 0.3 is 4.87 Å². The van der Waals surface area contributed by atoms with E-state index in [-0.39, 0.29) is 4.87 Å². The standard InChI is InChI=1S/C12H16N2O3S/c1-13-6-8(15)7-4-5-9(17-3)10-11(7)18-12(16)14(10)2/h4-5,8,13,15H,6H2,1-3H3. The van der Waals surface area contributed by atoms with Gasteiger partial charge in [0, 0.05) is 19.2 Å². The van der Waals surface area contributed by atoms with E-state index in [0.29, 0.717) is 12.3 Å². The Morgan fingerprint density at radius 3 is 2.89 bits per heavy atom. The van der Waals surface area contributed by atoms with Gasteiger partial charge in [-0.2, -0.15) is 0 Å². The molecule has 0 aliphatic carbocycles. The van der Waals surface area contributed by atoms with Crippen LogP contribution in [0.25, 0.3) is 10.2 Å². The van der Waals surface area contributed by atoms with Crippen LogP contribution in [0.4, 0.5) is 0 Å². The van der Waals surface area contributed by atoms with Crippen molar-refractivity contribution in [3.8, 4) is 5.75 Å². The summed E-state index contributed by atoms with van der Waals surface area (Å²) < 4.78 is 7.60. The molecule has 1 aromatic carbocycles. The van der Waals surface area contributed by atoms with Crippen molar-refractivity contribution in [2.45, 2.75) is 6.10 Å². The van der Waals surface area contributed by atoms with Gasteiger partial charge in [-0.25, -0.2) is 0 Å². The van der Waals surface area contributed by atoms with E-state index in [0.717, 1.165) is 27.1 Å². The summed E-state index contributed by atoms with van der Waals surface area (Å²) >= 11 is 1.13. The molecule has 0 amide bonds. The number of aliphatic hydroxyl groups excluding tert-OH is 1. The number of aromatic nitrogens is 1. The molecule has 1 unspecified atom stereocenters. The van der Waals surface area contributed by atoms with Crippen LogP contribution in [0.1, 0.15) is 11.7 Å². The zero-order chi connectivity index (χ0) is 13.3. The van der Waals surface area contributed by atoms with Crippen molar-refractivity contribution < 1.29 is 9.84 Å². The first-order chi connectivity index (χ1) is 8.60. The number of aliphatic hydroxyl groups is 1. The fraction of sp³-hybridized carbons (Fsp3) is 0.417. The lowest BCUT2D eigenvalue weighted by molar-refractivity contribution is 0.179. The van der Waals surface area contributed by atoms with E-state index in [4.69, 9.17) is 4.74 Å². The molecule has 0 saturated carbocycles. The summed E-state index contributed by atoms with van der Waals surface area (Å²) in [5.41, 5.74) is 1.49. The number of fused-ring (bicyclic) bond motifs is 1. The number of aryl methyl sites for hydroxylation is 1. The minimum absolute atomic E-state index is 0.0626. The molecule has 18 heavy (non-hydrogen) atoms. The number of likely N-dealkylation sites (N-methyl/N-ethyl adjacent to an activating group) is 1. The summed E-state index contributed by atoms with van der Waals surface area (Å²) in [7, 11) is 5.05. The third-order valence-electron chi connectivity index (χ3n) is 2.90. The highest BCUT2D eigenvalue weighted by Crippen LogP contribution is 2.32. The Morgan fingerprint density at radius 2 is 2.28 bits per heavy atom. The van der Waals surface area contributed by atoms with Gasteiger partial charge < -0.3 is 15.2 Å². The molecule has 0 radical (unpaired) electrons. The minimum atomic E-state index is -0.638. The maximum atomic E-state index is 11.8. The third kappa shape index (κ3) is 2.03. The summed E-state index contributed by atoms with van der Waals surface area (Å²) in [4.78, 5) is 11.7. The molecule has 6 heteroatoms. The van der Waals surface area contributed by atoms with Gasteiger partial charge in [0.15, 0.2) is 0 Å². The van der Waals surface area contributed by atoms with Crippen LogP contribution in [-0.4, -0.2) is 30.4 Å². The molecule has 5 nitrogen and oxygen atoms in total. The van der Waals surface area contributed by atoms with Gasteiger partial charge in [-0.15, -0.1) is 0 Å². The molecule has 0 aliphatic heterocycles. The molecule has 0 fully saturated rings. The lowest BCUT2D eigenvalue weighted by Gasteiger charge is -2.13. The van der Waals surface area contributed by atoms with Crippen molar-refractivity contribution in [2.24, 2.45) is 7.05 Å². The molecule has 1 aromatic heterocycles. The van der Waals surface area contributed by atoms with Crippen LogP contribution in [0.5, 0.6) is 5.75 Å². The summed E-state index contributed by atoms with van der Waals surface area (Å²) in [6.07, 6.45) is -0.638. The highest BCUT2D eigenvalue weighted by molar-refractivity contribution is 7.16. The van der Waals surface area contributed by atoms with E-state index in [2.05, 4.69) is 5.32 Å². The average molecular weight is 268 g/mol. The zero-order valence-electron chi connectivity index (χ0n) is 10.6. The van der Waals surface area contributed by atoms with Crippen molar-refractivity contribution in [3.63, 3.8) is 0 Å². The van der Waals surface area contributed by atoms with Crippen molar-refractivity contribution in [2.75, 3.05) is 20.7 Å². The first-order valence-corrected chi connectivity index (χ1v) is 6.41. The summed E-state index contributed by atoms with van der Waals surface area (Å²) in [6.45, 7) is 0.442. The predicted octanol–water partition coefficient (Wildman–Crippen LogP) is 0.861. The van der Waals surface area contributed by atoms with Crippen LogP contribution in [0.15, 0.2) is 16.9 Å². The van der Waals surface area contributed by atoms with Crippen LogP contribution in [0.3, 0.4) is 0 Å². The van der Waals surface area contributed by atoms with Crippen LogP contribution in [0, 0.1) is 0 Å². The average Bonchev–Trinajstić information content (AvgIpc) is 2.65. The van der Waals surface area contributed by atoms with Gasteiger partial charge in [-0.05, 0) is 13.1 Å².